The predicted molar refractivity (Wildman–Crippen MR) is 126 cm³/mol. The summed E-state index contributed by atoms with van der Waals surface area (Å²) >= 11 is 6.23. The van der Waals surface area contributed by atoms with Gasteiger partial charge in [0, 0.05) is 49.1 Å². The van der Waals surface area contributed by atoms with Gasteiger partial charge >= 0.3 is 0 Å². The number of carbonyl (C=O) groups is 1. The zero-order valence-electron chi connectivity index (χ0n) is 18.6. The number of ether oxygens (including phenoxy) is 1. The van der Waals surface area contributed by atoms with Crippen molar-refractivity contribution in [3.8, 4) is 11.4 Å². The minimum atomic E-state index is -0.321. The Hall–Kier alpha value is -2.77. The summed E-state index contributed by atoms with van der Waals surface area (Å²) in [6.07, 6.45) is 0.321. The van der Waals surface area contributed by atoms with E-state index in [9.17, 15) is 9.18 Å². The Labute approximate surface area is 192 Å². The average molecular weight is 459 g/mol. The predicted octanol–water partition coefficient (Wildman–Crippen LogP) is 4.70. The molecule has 170 valence electrons. The Morgan fingerprint density at radius 1 is 1.19 bits per heavy atom. The van der Waals surface area contributed by atoms with Crippen LogP contribution >= 0.6 is 11.6 Å². The number of rotatable bonds is 10. The summed E-state index contributed by atoms with van der Waals surface area (Å²) in [5, 5.41) is 4.27. The van der Waals surface area contributed by atoms with Crippen molar-refractivity contribution in [1.82, 2.24) is 15.3 Å². The maximum absolute atomic E-state index is 13.4. The van der Waals surface area contributed by atoms with Crippen molar-refractivity contribution in [2.24, 2.45) is 5.92 Å². The van der Waals surface area contributed by atoms with E-state index in [0.29, 0.717) is 60.5 Å². The lowest BCUT2D eigenvalue weighted by molar-refractivity contribution is -0.121. The topological polar surface area (TPSA) is 67.3 Å². The molecule has 0 unspecified atom stereocenters. The molecule has 1 N–H and O–H groups in total. The van der Waals surface area contributed by atoms with Crippen LogP contribution in [0.1, 0.15) is 20.3 Å². The van der Waals surface area contributed by atoms with Crippen LogP contribution in [0, 0.1) is 11.7 Å². The number of nitrogens with one attached hydrogen (secondary N) is 1. The molecule has 1 heterocycles. The minimum Gasteiger partial charge on any atom is -0.383 e. The molecule has 0 fully saturated rings. The first-order chi connectivity index (χ1) is 15.4. The van der Waals surface area contributed by atoms with Crippen molar-refractivity contribution < 1.29 is 13.9 Å². The highest BCUT2D eigenvalue weighted by Crippen LogP contribution is 2.30. The molecule has 1 amide bonds. The molecule has 0 bridgehead atoms. The summed E-state index contributed by atoms with van der Waals surface area (Å²) in [6.45, 7) is 6.39. The normalized spacial score (nSPS) is 11.2. The Morgan fingerprint density at radius 3 is 2.62 bits per heavy atom. The number of anilines is 1. The van der Waals surface area contributed by atoms with Gasteiger partial charge in [0.15, 0.2) is 5.82 Å². The molecule has 0 atom stereocenters. The second-order valence-corrected chi connectivity index (χ2v) is 8.41. The molecule has 8 heteroatoms. The molecule has 32 heavy (non-hydrogen) atoms. The van der Waals surface area contributed by atoms with E-state index < -0.39 is 0 Å². The first-order valence-electron chi connectivity index (χ1n) is 10.6. The fourth-order valence-electron chi connectivity index (χ4n) is 3.40. The molecular formula is C24H28ClFN4O2. The second-order valence-electron chi connectivity index (χ2n) is 7.97. The molecule has 0 spiro atoms. The summed E-state index contributed by atoms with van der Waals surface area (Å²) in [7, 11) is 1.60. The number of hydrogen-bond donors (Lipinski definition) is 1. The van der Waals surface area contributed by atoms with Crippen molar-refractivity contribution in [3.63, 3.8) is 0 Å². The van der Waals surface area contributed by atoms with Gasteiger partial charge in [-0.2, -0.15) is 0 Å². The molecule has 3 rings (SSSR count). The van der Waals surface area contributed by atoms with Crippen molar-refractivity contribution in [3.05, 3.63) is 53.3 Å². The molecule has 0 aliphatic rings. The number of carbonyl (C=O) groups excluding carboxylic acids is 1. The molecule has 6 nitrogen and oxygen atoms in total. The Bertz CT molecular complexity index is 1060. The monoisotopic (exact) mass is 458 g/mol. The van der Waals surface area contributed by atoms with Gasteiger partial charge in [0.05, 0.1) is 12.1 Å². The number of hydrogen-bond acceptors (Lipinski definition) is 5. The number of amides is 1. The largest absolute Gasteiger partial charge is 0.383 e. The van der Waals surface area contributed by atoms with Crippen LogP contribution in [-0.2, 0) is 9.53 Å². The van der Waals surface area contributed by atoms with Crippen molar-refractivity contribution in [1.29, 1.82) is 0 Å². The summed E-state index contributed by atoms with van der Waals surface area (Å²) in [5.41, 5.74) is 1.40. The minimum absolute atomic E-state index is 0.0454. The van der Waals surface area contributed by atoms with Gasteiger partial charge in [-0.05, 0) is 48.4 Å². The molecule has 2 aromatic carbocycles. The quantitative estimate of drug-likeness (QED) is 0.446. The van der Waals surface area contributed by atoms with E-state index >= 15 is 0 Å². The van der Waals surface area contributed by atoms with Gasteiger partial charge < -0.3 is 15.0 Å². The molecule has 0 aliphatic heterocycles. The van der Waals surface area contributed by atoms with Gasteiger partial charge in [0.2, 0.25) is 5.91 Å². The van der Waals surface area contributed by atoms with Crippen LogP contribution in [0.3, 0.4) is 0 Å². The number of nitrogens with zero attached hydrogens (tertiary/aromatic N) is 3. The maximum atomic E-state index is 13.4. The molecule has 0 saturated heterocycles. The van der Waals surface area contributed by atoms with Crippen LogP contribution < -0.4 is 10.2 Å². The second kappa shape index (κ2) is 11.2. The third-order valence-electron chi connectivity index (χ3n) is 4.86. The first-order valence-corrected chi connectivity index (χ1v) is 11.0. The number of aromatic nitrogens is 2. The highest BCUT2D eigenvalue weighted by Gasteiger charge is 2.18. The van der Waals surface area contributed by atoms with Crippen LogP contribution in [0.5, 0.6) is 0 Å². The molecular weight excluding hydrogens is 431 g/mol. The summed E-state index contributed by atoms with van der Waals surface area (Å²) < 4.78 is 18.4. The zero-order valence-corrected chi connectivity index (χ0v) is 19.3. The first kappa shape index (κ1) is 23.9. The van der Waals surface area contributed by atoms with Crippen LogP contribution in [0.15, 0.2) is 42.5 Å². The Morgan fingerprint density at radius 2 is 1.94 bits per heavy atom. The standard InChI is InChI=1S/C24H28ClFN4O2/c1-16(2)15-30(12-10-22(31)27-11-13-32-3)24-20-9-6-18(25)14-21(20)28-23(29-24)17-4-7-19(26)8-5-17/h4-9,14,16H,10-13,15H2,1-3H3,(H,27,31). The van der Waals surface area contributed by atoms with Crippen molar-refractivity contribution in [2.75, 3.05) is 38.3 Å². The van der Waals surface area contributed by atoms with E-state index in [1.54, 1.807) is 31.4 Å². The van der Waals surface area contributed by atoms with E-state index in [0.717, 1.165) is 11.2 Å². The van der Waals surface area contributed by atoms with Crippen molar-refractivity contribution >= 4 is 34.2 Å². The average Bonchev–Trinajstić information content (AvgIpc) is 2.76. The summed E-state index contributed by atoms with van der Waals surface area (Å²) in [4.78, 5) is 23.9. The lowest BCUT2D eigenvalue weighted by Crippen LogP contribution is -2.34. The van der Waals surface area contributed by atoms with Gasteiger partial charge in [0.1, 0.15) is 11.6 Å². The number of fused-ring (bicyclic) bond motifs is 1. The highest BCUT2D eigenvalue weighted by molar-refractivity contribution is 6.31. The molecule has 0 radical (unpaired) electrons. The smallest absolute Gasteiger partial charge is 0.221 e. The third-order valence-corrected chi connectivity index (χ3v) is 5.10. The van der Waals surface area contributed by atoms with Crippen LogP contribution in [0.4, 0.5) is 10.2 Å². The lowest BCUT2D eigenvalue weighted by Gasteiger charge is -2.27. The highest BCUT2D eigenvalue weighted by atomic mass is 35.5. The van der Waals surface area contributed by atoms with Crippen LogP contribution in [-0.4, -0.2) is 49.2 Å². The van der Waals surface area contributed by atoms with E-state index in [1.165, 1.54) is 12.1 Å². The maximum Gasteiger partial charge on any atom is 0.221 e. The van der Waals surface area contributed by atoms with Gasteiger partial charge in [0.25, 0.3) is 0 Å². The van der Waals surface area contributed by atoms with Gasteiger partial charge in [-0.15, -0.1) is 0 Å². The summed E-state index contributed by atoms with van der Waals surface area (Å²) in [5.74, 6) is 1.19. The zero-order chi connectivity index (χ0) is 23.1. The molecule has 3 aromatic rings. The molecule has 1 aromatic heterocycles. The number of halogens is 2. The number of benzene rings is 2. The molecule has 0 saturated carbocycles. The van der Waals surface area contributed by atoms with E-state index in [2.05, 4.69) is 29.0 Å². The van der Waals surface area contributed by atoms with Crippen LogP contribution in [0.2, 0.25) is 5.02 Å². The van der Waals surface area contributed by atoms with E-state index in [1.807, 2.05) is 6.07 Å². The Balaban J connectivity index is 1.99. The van der Waals surface area contributed by atoms with E-state index in [4.69, 9.17) is 21.3 Å². The molecule has 0 aliphatic carbocycles. The van der Waals surface area contributed by atoms with Gasteiger partial charge in [-0.25, -0.2) is 14.4 Å². The Kier molecular flexibility index (Phi) is 8.36. The van der Waals surface area contributed by atoms with E-state index in [-0.39, 0.29) is 11.7 Å². The fourth-order valence-corrected chi connectivity index (χ4v) is 3.56. The van der Waals surface area contributed by atoms with Gasteiger partial charge in [-0.3, -0.25) is 4.79 Å². The van der Waals surface area contributed by atoms with Crippen LogP contribution in [0.25, 0.3) is 22.3 Å². The van der Waals surface area contributed by atoms with Crippen molar-refractivity contribution in [2.45, 2.75) is 20.3 Å². The summed E-state index contributed by atoms with van der Waals surface area (Å²) in [6, 6.07) is 11.6. The lowest BCUT2D eigenvalue weighted by atomic mass is 10.1. The fraction of sp³-hybridized carbons (Fsp3) is 0.375. The number of methoxy groups -OCH3 is 1. The third kappa shape index (κ3) is 6.37. The van der Waals surface area contributed by atoms with Gasteiger partial charge in [-0.1, -0.05) is 25.4 Å². The SMILES string of the molecule is COCCNC(=O)CCN(CC(C)C)c1nc(-c2ccc(F)cc2)nc2cc(Cl)ccc12.